The van der Waals surface area contributed by atoms with Crippen molar-refractivity contribution in [3.05, 3.63) is 27.7 Å². The van der Waals surface area contributed by atoms with Crippen molar-refractivity contribution in [3.63, 3.8) is 0 Å². The number of benzene rings is 1. The molecule has 1 N–H and O–H groups in total. The average Bonchev–Trinajstić information content (AvgIpc) is 2.64. The van der Waals surface area contributed by atoms with Crippen LogP contribution in [0.1, 0.15) is 0 Å². The Hall–Kier alpha value is -1.07. The SMILES string of the molecule is CNc1nnc(-c2cccc(Br)c2Cl)n1C. The second kappa shape index (κ2) is 4.43. The van der Waals surface area contributed by atoms with E-state index in [9.17, 15) is 0 Å². The smallest absolute Gasteiger partial charge is 0.224 e. The molecule has 0 aliphatic rings. The summed E-state index contributed by atoms with van der Waals surface area (Å²) in [6, 6.07) is 5.72. The van der Waals surface area contributed by atoms with Gasteiger partial charge in [0.15, 0.2) is 5.82 Å². The highest BCUT2D eigenvalue weighted by Crippen LogP contribution is 2.32. The molecule has 0 saturated heterocycles. The molecule has 1 heterocycles. The van der Waals surface area contributed by atoms with E-state index in [0.717, 1.165) is 15.9 Å². The van der Waals surface area contributed by atoms with Crippen LogP contribution in [0.4, 0.5) is 5.95 Å². The number of aromatic nitrogens is 3. The van der Waals surface area contributed by atoms with Gasteiger partial charge in [-0.25, -0.2) is 0 Å². The summed E-state index contributed by atoms with van der Waals surface area (Å²) in [6.07, 6.45) is 0. The lowest BCUT2D eigenvalue weighted by atomic mass is 10.2. The molecule has 0 saturated carbocycles. The third kappa shape index (κ3) is 1.81. The summed E-state index contributed by atoms with van der Waals surface area (Å²) >= 11 is 9.59. The zero-order valence-corrected chi connectivity index (χ0v) is 11.2. The lowest BCUT2D eigenvalue weighted by Gasteiger charge is -2.06. The fourth-order valence-electron chi connectivity index (χ4n) is 1.46. The highest BCUT2D eigenvalue weighted by Gasteiger charge is 2.13. The van der Waals surface area contributed by atoms with E-state index in [0.29, 0.717) is 11.0 Å². The number of rotatable bonds is 2. The maximum atomic E-state index is 6.20. The number of nitrogens with zero attached hydrogens (tertiary/aromatic N) is 3. The van der Waals surface area contributed by atoms with Crippen molar-refractivity contribution >= 4 is 33.5 Å². The number of nitrogens with one attached hydrogen (secondary N) is 1. The molecule has 16 heavy (non-hydrogen) atoms. The van der Waals surface area contributed by atoms with Crippen LogP contribution in [0.5, 0.6) is 0 Å². The minimum Gasteiger partial charge on any atom is -0.357 e. The van der Waals surface area contributed by atoms with Crippen molar-refractivity contribution in [2.45, 2.75) is 0 Å². The van der Waals surface area contributed by atoms with Crippen LogP contribution in [0.3, 0.4) is 0 Å². The van der Waals surface area contributed by atoms with Crippen LogP contribution in [0, 0.1) is 0 Å². The molecule has 6 heteroatoms. The van der Waals surface area contributed by atoms with E-state index >= 15 is 0 Å². The standard InChI is InChI=1S/C10H10BrClN4/c1-13-10-15-14-9(16(10)2)6-4-3-5-7(11)8(6)12/h3-5H,1-2H3,(H,13,15). The molecule has 0 bridgehead atoms. The van der Waals surface area contributed by atoms with Gasteiger partial charge in [0, 0.05) is 24.1 Å². The molecule has 1 aromatic heterocycles. The van der Waals surface area contributed by atoms with Gasteiger partial charge in [-0.05, 0) is 28.1 Å². The van der Waals surface area contributed by atoms with Crippen molar-refractivity contribution in [2.75, 3.05) is 12.4 Å². The highest BCUT2D eigenvalue weighted by molar-refractivity contribution is 9.10. The number of halogens is 2. The van der Waals surface area contributed by atoms with Crippen LogP contribution in [-0.2, 0) is 7.05 Å². The second-order valence-electron chi connectivity index (χ2n) is 3.26. The largest absolute Gasteiger partial charge is 0.357 e. The Morgan fingerprint density at radius 3 is 2.75 bits per heavy atom. The predicted molar refractivity (Wildman–Crippen MR) is 68.7 cm³/mol. The Morgan fingerprint density at radius 1 is 1.38 bits per heavy atom. The molecule has 0 atom stereocenters. The normalized spacial score (nSPS) is 10.5. The van der Waals surface area contributed by atoms with Gasteiger partial charge < -0.3 is 5.32 Å². The van der Waals surface area contributed by atoms with Gasteiger partial charge in [0.1, 0.15) is 0 Å². The van der Waals surface area contributed by atoms with E-state index in [1.165, 1.54) is 0 Å². The Balaban J connectivity index is 2.59. The van der Waals surface area contributed by atoms with Crippen LogP contribution in [0.2, 0.25) is 5.02 Å². The van der Waals surface area contributed by atoms with E-state index in [1.54, 1.807) is 7.05 Å². The fourth-order valence-corrected chi connectivity index (χ4v) is 2.03. The molecule has 0 radical (unpaired) electrons. The molecule has 0 amide bonds. The first-order valence-electron chi connectivity index (χ1n) is 4.66. The van der Waals surface area contributed by atoms with Crippen molar-refractivity contribution in [3.8, 4) is 11.4 Å². The Kier molecular flexibility index (Phi) is 3.16. The average molecular weight is 302 g/mol. The van der Waals surface area contributed by atoms with Gasteiger partial charge in [-0.1, -0.05) is 17.7 Å². The lowest BCUT2D eigenvalue weighted by Crippen LogP contribution is -1.99. The maximum absolute atomic E-state index is 6.20. The second-order valence-corrected chi connectivity index (χ2v) is 4.49. The lowest BCUT2D eigenvalue weighted by molar-refractivity contribution is 0.925. The minimum absolute atomic E-state index is 0.639. The van der Waals surface area contributed by atoms with Gasteiger partial charge in [0.05, 0.1) is 5.02 Å². The van der Waals surface area contributed by atoms with Gasteiger partial charge >= 0.3 is 0 Å². The quantitative estimate of drug-likeness (QED) is 0.927. The third-order valence-corrected chi connectivity index (χ3v) is 3.59. The molecular weight excluding hydrogens is 291 g/mol. The van der Waals surface area contributed by atoms with Gasteiger partial charge in [-0.15, -0.1) is 10.2 Å². The minimum atomic E-state index is 0.639. The van der Waals surface area contributed by atoms with Crippen molar-refractivity contribution in [2.24, 2.45) is 7.05 Å². The summed E-state index contributed by atoms with van der Waals surface area (Å²) in [6.45, 7) is 0. The molecule has 2 aromatic rings. The number of hydrogen-bond acceptors (Lipinski definition) is 3. The van der Waals surface area contributed by atoms with Crippen molar-refractivity contribution in [1.29, 1.82) is 0 Å². The van der Waals surface area contributed by atoms with E-state index in [-0.39, 0.29) is 0 Å². The highest BCUT2D eigenvalue weighted by atomic mass is 79.9. The van der Waals surface area contributed by atoms with Gasteiger partial charge in [-0.2, -0.15) is 0 Å². The first-order chi connectivity index (χ1) is 7.65. The molecule has 0 aliphatic carbocycles. The summed E-state index contributed by atoms with van der Waals surface area (Å²) in [5.74, 6) is 1.43. The van der Waals surface area contributed by atoms with Gasteiger partial charge in [0.25, 0.3) is 0 Å². The molecule has 0 aliphatic heterocycles. The Morgan fingerprint density at radius 2 is 2.12 bits per heavy atom. The van der Waals surface area contributed by atoms with Gasteiger partial charge in [0.2, 0.25) is 5.95 Å². The molecule has 1 aromatic carbocycles. The van der Waals surface area contributed by atoms with Crippen LogP contribution in [-0.4, -0.2) is 21.8 Å². The van der Waals surface area contributed by atoms with Crippen LogP contribution in [0.25, 0.3) is 11.4 Å². The van der Waals surface area contributed by atoms with E-state index < -0.39 is 0 Å². The maximum Gasteiger partial charge on any atom is 0.224 e. The monoisotopic (exact) mass is 300 g/mol. The first kappa shape index (κ1) is 11.4. The van der Waals surface area contributed by atoms with E-state index in [2.05, 4.69) is 31.4 Å². The van der Waals surface area contributed by atoms with Crippen molar-refractivity contribution < 1.29 is 0 Å². The summed E-state index contributed by atoms with van der Waals surface area (Å²) in [5, 5.41) is 11.7. The Labute approximate surface area is 107 Å². The van der Waals surface area contributed by atoms with Gasteiger partial charge in [-0.3, -0.25) is 4.57 Å². The molecule has 84 valence electrons. The molecule has 0 spiro atoms. The molecule has 0 fully saturated rings. The summed E-state index contributed by atoms with van der Waals surface area (Å²) in [7, 11) is 3.69. The van der Waals surface area contributed by atoms with Crippen LogP contribution < -0.4 is 5.32 Å². The summed E-state index contributed by atoms with van der Waals surface area (Å²) in [4.78, 5) is 0. The Bertz CT molecular complexity index is 524. The van der Waals surface area contributed by atoms with Crippen molar-refractivity contribution in [1.82, 2.24) is 14.8 Å². The predicted octanol–water partition coefficient (Wildman–Crippen LogP) is 2.94. The first-order valence-corrected chi connectivity index (χ1v) is 5.83. The zero-order chi connectivity index (χ0) is 11.7. The number of anilines is 1. The zero-order valence-electron chi connectivity index (χ0n) is 8.83. The summed E-state index contributed by atoms with van der Waals surface area (Å²) < 4.78 is 2.70. The molecule has 2 rings (SSSR count). The van der Waals surface area contributed by atoms with Crippen LogP contribution >= 0.6 is 27.5 Å². The van der Waals surface area contributed by atoms with Crippen LogP contribution in [0.15, 0.2) is 22.7 Å². The van der Waals surface area contributed by atoms with E-state index in [4.69, 9.17) is 11.6 Å². The van der Waals surface area contributed by atoms with E-state index in [1.807, 2.05) is 29.8 Å². The fraction of sp³-hybridized carbons (Fsp3) is 0.200. The number of hydrogen-bond donors (Lipinski definition) is 1. The third-order valence-electron chi connectivity index (χ3n) is 2.29. The molecule has 4 nitrogen and oxygen atoms in total. The summed E-state index contributed by atoms with van der Waals surface area (Å²) in [5.41, 5.74) is 0.854. The molecule has 0 unspecified atom stereocenters. The molecular formula is C10H10BrClN4. The topological polar surface area (TPSA) is 42.7 Å².